The molecule has 0 amide bonds. The van der Waals surface area contributed by atoms with E-state index in [-0.39, 0.29) is 0 Å². The number of aromatic nitrogens is 2. The fourth-order valence-corrected chi connectivity index (χ4v) is 2.36. The first kappa shape index (κ1) is 12.9. The second-order valence-corrected chi connectivity index (χ2v) is 4.75. The highest BCUT2D eigenvalue weighted by Crippen LogP contribution is 2.33. The standard InChI is InChI=1S/C12H21N5O/c1-9-4-3-6-17(7-5-9)12-10(18-2)11(16-13)14-8-15-12/h8-9H,3-7,13H2,1-2H3,(H,14,15,16). The van der Waals surface area contributed by atoms with Gasteiger partial charge in [-0.25, -0.2) is 15.8 Å². The fourth-order valence-electron chi connectivity index (χ4n) is 2.36. The summed E-state index contributed by atoms with van der Waals surface area (Å²) in [4.78, 5) is 10.7. The van der Waals surface area contributed by atoms with Gasteiger partial charge in [-0.2, -0.15) is 0 Å². The van der Waals surface area contributed by atoms with Gasteiger partial charge >= 0.3 is 0 Å². The number of nitrogens with one attached hydrogen (secondary N) is 1. The van der Waals surface area contributed by atoms with Crippen LogP contribution < -0.4 is 20.9 Å². The molecular weight excluding hydrogens is 230 g/mol. The first-order valence-corrected chi connectivity index (χ1v) is 6.36. The Balaban J connectivity index is 2.26. The predicted molar refractivity (Wildman–Crippen MR) is 71.6 cm³/mol. The molecule has 6 nitrogen and oxygen atoms in total. The molecule has 0 radical (unpaired) electrons. The van der Waals surface area contributed by atoms with Gasteiger partial charge in [-0.1, -0.05) is 6.92 Å². The van der Waals surface area contributed by atoms with E-state index in [1.54, 1.807) is 7.11 Å². The van der Waals surface area contributed by atoms with Crippen LogP contribution in [0.15, 0.2) is 6.33 Å². The normalized spacial score (nSPS) is 20.4. The highest BCUT2D eigenvalue weighted by Gasteiger charge is 2.20. The van der Waals surface area contributed by atoms with E-state index < -0.39 is 0 Å². The molecule has 0 bridgehead atoms. The van der Waals surface area contributed by atoms with Crippen molar-refractivity contribution in [2.75, 3.05) is 30.5 Å². The zero-order chi connectivity index (χ0) is 13.0. The van der Waals surface area contributed by atoms with Crippen LogP contribution in [0, 0.1) is 5.92 Å². The summed E-state index contributed by atoms with van der Waals surface area (Å²) in [5.41, 5.74) is 2.55. The third kappa shape index (κ3) is 2.64. The number of hydrogen-bond donors (Lipinski definition) is 2. The molecule has 1 aliphatic rings. The van der Waals surface area contributed by atoms with Gasteiger partial charge in [0.2, 0.25) is 5.75 Å². The number of nitrogens with two attached hydrogens (primary N) is 1. The molecule has 2 rings (SSSR count). The summed E-state index contributed by atoms with van der Waals surface area (Å²) in [6.07, 6.45) is 5.14. The van der Waals surface area contributed by atoms with Crippen LogP contribution in [0.1, 0.15) is 26.2 Å². The molecule has 100 valence electrons. The summed E-state index contributed by atoms with van der Waals surface area (Å²) >= 11 is 0. The van der Waals surface area contributed by atoms with E-state index in [9.17, 15) is 0 Å². The second-order valence-electron chi connectivity index (χ2n) is 4.75. The third-order valence-electron chi connectivity index (χ3n) is 3.44. The summed E-state index contributed by atoms with van der Waals surface area (Å²) in [6.45, 7) is 4.30. The molecule has 0 saturated carbocycles. The Hall–Kier alpha value is -1.56. The van der Waals surface area contributed by atoms with E-state index in [1.165, 1.54) is 25.6 Å². The predicted octanol–water partition coefficient (Wildman–Crippen LogP) is 1.40. The third-order valence-corrected chi connectivity index (χ3v) is 3.44. The van der Waals surface area contributed by atoms with Crippen molar-refractivity contribution in [3.05, 3.63) is 6.33 Å². The van der Waals surface area contributed by atoms with Crippen molar-refractivity contribution in [3.8, 4) is 5.75 Å². The van der Waals surface area contributed by atoms with Crippen molar-refractivity contribution in [1.82, 2.24) is 9.97 Å². The highest BCUT2D eigenvalue weighted by atomic mass is 16.5. The molecule has 1 aromatic heterocycles. The molecule has 6 heteroatoms. The highest BCUT2D eigenvalue weighted by molar-refractivity contribution is 5.64. The van der Waals surface area contributed by atoms with Gasteiger partial charge < -0.3 is 15.1 Å². The molecule has 0 aromatic carbocycles. The topological polar surface area (TPSA) is 76.3 Å². The first-order valence-electron chi connectivity index (χ1n) is 6.36. The Kier molecular flexibility index (Phi) is 4.19. The summed E-state index contributed by atoms with van der Waals surface area (Å²) in [6, 6.07) is 0. The monoisotopic (exact) mass is 251 g/mol. The molecular formula is C12H21N5O. The maximum Gasteiger partial charge on any atom is 0.205 e. The summed E-state index contributed by atoms with van der Waals surface area (Å²) in [7, 11) is 1.61. The van der Waals surface area contributed by atoms with Crippen LogP contribution in [0.25, 0.3) is 0 Å². The summed E-state index contributed by atoms with van der Waals surface area (Å²) < 4.78 is 5.38. The molecule has 3 N–H and O–H groups in total. The van der Waals surface area contributed by atoms with Gasteiger partial charge in [0.25, 0.3) is 0 Å². The Morgan fingerprint density at radius 3 is 2.94 bits per heavy atom. The number of ether oxygens (including phenoxy) is 1. The molecule has 1 aliphatic heterocycles. The van der Waals surface area contributed by atoms with E-state index in [2.05, 4.69) is 27.2 Å². The zero-order valence-electron chi connectivity index (χ0n) is 11.0. The van der Waals surface area contributed by atoms with Crippen LogP contribution in [0.4, 0.5) is 11.6 Å². The Morgan fingerprint density at radius 1 is 1.39 bits per heavy atom. The molecule has 0 aliphatic carbocycles. The molecule has 1 fully saturated rings. The number of nitrogen functional groups attached to an aromatic ring is 1. The average Bonchev–Trinajstić information content (AvgIpc) is 2.62. The molecule has 1 unspecified atom stereocenters. The van der Waals surface area contributed by atoms with Gasteiger partial charge in [0, 0.05) is 13.1 Å². The van der Waals surface area contributed by atoms with Crippen LogP contribution in [0.3, 0.4) is 0 Å². The van der Waals surface area contributed by atoms with Crippen molar-refractivity contribution in [2.24, 2.45) is 11.8 Å². The fraction of sp³-hybridized carbons (Fsp3) is 0.667. The SMILES string of the molecule is COc1c(NN)ncnc1N1CCCC(C)CC1. The molecule has 0 spiro atoms. The molecule has 2 heterocycles. The first-order chi connectivity index (χ1) is 8.76. The van der Waals surface area contributed by atoms with Gasteiger partial charge in [-0.3, -0.25) is 0 Å². The molecule has 1 aromatic rings. The number of methoxy groups -OCH3 is 1. The van der Waals surface area contributed by atoms with Crippen LogP contribution in [0.2, 0.25) is 0 Å². The lowest BCUT2D eigenvalue weighted by Crippen LogP contribution is -2.26. The lowest BCUT2D eigenvalue weighted by Gasteiger charge is -2.24. The van der Waals surface area contributed by atoms with Crippen molar-refractivity contribution in [1.29, 1.82) is 0 Å². The summed E-state index contributed by atoms with van der Waals surface area (Å²) in [5, 5.41) is 0. The van der Waals surface area contributed by atoms with E-state index in [1.807, 2.05) is 0 Å². The number of nitrogens with zero attached hydrogens (tertiary/aromatic N) is 3. The lowest BCUT2D eigenvalue weighted by molar-refractivity contribution is 0.412. The van der Waals surface area contributed by atoms with Crippen molar-refractivity contribution >= 4 is 11.6 Å². The van der Waals surface area contributed by atoms with Crippen molar-refractivity contribution in [3.63, 3.8) is 0 Å². The Bertz CT molecular complexity index is 398. The van der Waals surface area contributed by atoms with Gasteiger partial charge in [-0.15, -0.1) is 0 Å². The lowest BCUT2D eigenvalue weighted by atomic mass is 10.0. The van der Waals surface area contributed by atoms with Crippen molar-refractivity contribution in [2.45, 2.75) is 26.2 Å². The number of rotatable bonds is 3. The number of anilines is 2. The van der Waals surface area contributed by atoms with E-state index in [0.717, 1.165) is 24.8 Å². The molecule has 1 atom stereocenters. The molecule has 18 heavy (non-hydrogen) atoms. The Morgan fingerprint density at radius 2 is 2.22 bits per heavy atom. The quantitative estimate of drug-likeness (QED) is 0.624. The van der Waals surface area contributed by atoms with E-state index >= 15 is 0 Å². The number of hydrazine groups is 1. The van der Waals surface area contributed by atoms with Crippen molar-refractivity contribution < 1.29 is 4.74 Å². The Labute approximate surface area is 108 Å². The van der Waals surface area contributed by atoms with Gasteiger partial charge in [0.05, 0.1) is 7.11 Å². The van der Waals surface area contributed by atoms with E-state index in [0.29, 0.717) is 11.6 Å². The maximum atomic E-state index is 5.44. The largest absolute Gasteiger partial charge is 0.490 e. The van der Waals surface area contributed by atoms with Gasteiger partial charge in [-0.05, 0) is 25.2 Å². The minimum absolute atomic E-state index is 0.528. The van der Waals surface area contributed by atoms with Gasteiger partial charge in [0.15, 0.2) is 11.6 Å². The molecule has 1 saturated heterocycles. The minimum Gasteiger partial charge on any atom is -0.490 e. The maximum absolute atomic E-state index is 5.44. The van der Waals surface area contributed by atoms with Crippen LogP contribution in [-0.2, 0) is 0 Å². The minimum atomic E-state index is 0.528. The van der Waals surface area contributed by atoms with Gasteiger partial charge in [0.1, 0.15) is 6.33 Å². The zero-order valence-corrected chi connectivity index (χ0v) is 11.0. The second kappa shape index (κ2) is 5.86. The number of hydrogen-bond acceptors (Lipinski definition) is 6. The van der Waals surface area contributed by atoms with Crippen LogP contribution in [-0.4, -0.2) is 30.2 Å². The van der Waals surface area contributed by atoms with Crippen LogP contribution in [0.5, 0.6) is 5.75 Å². The van der Waals surface area contributed by atoms with Crippen LogP contribution >= 0.6 is 0 Å². The van der Waals surface area contributed by atoms with E-state index in [4.69, 9.17) is 10.6 Å². The smallest absolute Gasteiger partial charge is 0.205 e. The average molecular weight is 251 g/mol. The summed E-state index contributed by atoms with van der Waals surface area (Å²) in [5.74, 6) is 8.19.